The first kappa shape index (κ1) is 22.6. The van der Waals surface area contributed by atoms with Crippen LogP contribution in [0.1, 0.15) is 32.6 Å². The minimum atomic E-state index is -0.800. The van der Waals surface area contributed by atoms with Crippen LogP contribution in [0.5, 0.6) is 0 Å². The second kappa shape index (κ2) is 11.3. The summed E-state index contributed by atoms with van der Waals surface area (Å²) < 4.78 is 4.78. The van der Waals surface area contributed by atoms with Crippen LogP contribution in [0.2, 0.25) is 0 Å². The van der Waals surface area contributed by atoms with Crippen LogP contribution in [0.15, 0.2) is 4.99 Å². The number of hydrogen-bond acceptors (Lipinski definition) is 5. The molecule has 150 valence electrons. The van der Waals surface area contributed by atoms with Crippen molar-refractivity contribution in [3.05, 3.63) is 0 Å². The molecule has 0 spiro atoms. The Hall–Kier alpha value is -2.47. The maximum atomic E-state index is 12.3. The molecule has 1 rings (SSSR count). The zero-order valence-electron chi connectivity index (χ0n) is 15.2. The highest BCUT2D eigenvalue weighted by atomic mass is 35.5. The van der Waals surface area contributed by atoms with Crippen LogP contribution in [0.25, 0.3) is 0 Å². The summed E-state index contributed by atoms with van der Waals surface area (Å²) in [4.78, 5) is 39.7. The Morgan fingerprint density at radius 3 is 2.67 bits per heavy atom. The van der Waals surface area contributed by atoms with Crippen LogP contribution < -0.4 is 22.1 Å². The van der Waals surface area contributed by atoms with Crippen molar-refractivity contribution < 1.29 is 19.1 Å². The van der Waals surface area contributed by atoms with Crippen molar-refractivity contribution in [2.75, 3.05) is 13.2 Å². The van der Waals surface area contributed by atoms with Gasteiger partial charge in [0.25, 0.3) is 0 Å². The molecular weight excluding hydrogens is 374 g/mol. The van der Waals surface area contributed by atoms with Gasteiger partial charge in [-0.25, -0.2) is 4.99 Å². The fourth-order valence-electron chi connectivity index (χ4n) is 2.77. The molecule has 3 unspecified atom stereocenters. The lowest BCUT2D eigenvalue weighted by molar-refractivity contribution is -0.143. The van der Waals surface area contributed by atoms with E-state index in [1.54, 1.807) is 6.92 Å². The highest BCUT2D eigenvalue weighted by molar-refractivity contribution is 6.21. The first-order valence-electron chi connectivity index (χ1n) is 8.68. The van der Waals surface area contributed by atoms with E-state index in [9.17, 15) is 14.4 Å². The predicted molar refractivity (Wildman–Crippen MR) is 102 cm³/mol. The number of nitrogens with one attached hydrogen (secondary N) is 2. The van der Waals surface area contributed by atoms with Crippen molar-refractivity contribution in [2.45, 2.75) is 50.1 Å². The molecule has 2 amide bonds. The van der Waals surface area contributed by atoms with Crippen LogP contribution in [0, 0.1) is 18.3 Å². The Labute approximate surface area is 163 Å². The third-order valence-electron chi connectivity index (χ3n) is 4.06. The second-order valence-corrected chi connectivity index (χ2v) is 6.72. The smallest absolute Gasteiger partial charge is 0.308 e. The molecule has 0 bridgehead atoms. The molecule has 1 aliphatic carbocycles. The molecule has 0 heterocycles. The molecule has 6 N–H and O–H groups in total. The molecule has 1 saturated carbocycles. The number of guanidine groups is 1. The number of nitrogens with zero attached hydrogens (tertiary/aromatic N) is 1. The van der Waals surface area contributed by atoms with Gasteiger partial charge in [-0.3, -0.25) is 14.4 Å². The molecule has 10 heteroatoms. The predicted octanol–water partition coefficient (Wildman–Crippen LogP) is -0.777. The Balaban J connectivity index is 2.46. The number of terminal acetylenes is 1. The lowest BCUT2D eigenvalue weighted by atomic mass is 9.85. The van der Waals surface area contributed by atoms with Crippen molar-refractivity contribution in [2.24, 2.45) is 22.4 Å². The third kappa shape index (κ3) is 8.17. The fourth-order valence-corrected chi connectivity index (χ4v) is 3.05. The van der Waals surface area contributed by atoms with Crippen LogP contribution in [-0.2, 0) is 19.1 Å². The average molecular weight is 400 g/mol. The average Bonchev–Trinajstić information content (AvgIpc) is 2.60. The number of halogens is 1. The molecule has 0 radical (unpaired) electrons. The maximum absolute atomic E-state index is 12.3. The van der Waals surface area contributed by atoms with Gasteiger partial charge >= 0.3 is 5.97 Å². The summed E-state index contributed by atoms with van der Waals surface area (Å²) in [5.41, 5.74) is 10.8. The third-order valence-corrected chi connectivity index (χ3v) is 4.56. The Bertz CT molecular complexity index is 615. The van der Waals surface area contributed by atoms with Gasteiger partial charge in [-0.15, -0.1) is 18.0 Å². The SMILES string of the molecule is C#C[C@H](CC(=O)OCC)NC(=O)CNC(=O)C1CCC(Cl)C(N=C(N)N)C1. The zero-order valence-corrected chi connectivity index (χ0v) is 16.0. The zero-order chi connectivity index (χ0) is 20.4. The number of ether oxygens (including phenoxy) is 1. The van der Waals surface area contributed by atoms with Gasteiger partial charge in [0.15, 0.2) is 5.96 Å². The lowest BCUT2D eigenvalue weighted by Crippen LogP contribution is -2.45. The van der Waals surface area contributed by atoms with Crippen LogP contribution in [0.3, 0.4) is 0 Å². The van der Waals surface area contributed by atoms with E-state index >= 15 is 0 Å². The number of rotatable bonds is 8. The number of esters is 1. The van der Waals surface area contributed by atoms with Crippen molar-refractivity contribution in [3.63, 3.8) is 0 Å². The van der Waals surface area contributed by atoms with Crippen molar-refractivity contribution >= 4 is 35.3 Å². The second-order valence-electron chi connectivity index (χ2n) is 6.16. The Morgan fingerprint density at radius 1 is 1.37 bits per heavy atom. The van der Waals surface area contributed by atoms with Gasteiger partial charge in [0, 0.05) is 5.92 Å². The molecule has 1 aliphatic rings. The van der Waals surface area contributed by atoms with Gasteiger partial charge in [0.05, 0.1) is 31.0 Å². The summed E-state index contributed by atoms with van der Waals surface area (Å²) in [6.45, 7) is 1.64. The molecule has 0 aromatic rings. The number of aliphatic imine (C=N–C) groups is 1. The number of hydrogen-bond donors (Lipinski definition) is 4. The minimum Gasteiger partial charge on any atom is -0.466 e. The van der Waals surface area contributed by atoms with E-state index in [-0.39, 0.29) is 48.8 Å². The number of carbonyl (C=O) groups is 3. The minimum absolute atomic E-state index is 0.0759. The summed E-state index contributed by atoms with van der Waals surface area (Å²) in [5, 5.41) is 4.81. The molecule has 9 nitrogen and oxygen atoms in total. The van der Waals surface area contributed by atoms with E-state index in [4.69, 9.17) is 34.2 Å². The van der Waals surface area contributed by atoms with E-state index < -0.39 is 17.9 Å². The molecule has 27 heavy (non-hydrogen) atoms. The number of carbonyl (C=O) groups excluding carboxylic acids is 3. The van der Waals surface area contributed by atoms with Crippen LogP contribution in [-0.4, -0.2) is 54.4 Å². The molecule has 0 aromatic carbocycles. The van der Waals surface area contributed by atoms with Crippen molar-refractivity contribution in [1.82, 2.24) is 10.6 Å². The van der Waals surface area contributed by atoms with E-state index in [0.29, 0.717) is 19.3 Å². The molecule has 0 saturated heterocycles. The van der Waals surface area contributed by atoms with Crippen LogP contribution >= 0.6 is 11.6 Å². The Morgan fingerprint density at radius 2 is 2.07 bits per heavy atom. The van der Waals surface area contributed by atoms with Gasteiger partial charge in [-0.1, -0.05) is 5.92 Å². The lowest BCUT2D eigenvalue weighted by Gasteiger charge is -2.29. The normalized spacial score (nSPS) is 22.6. The van der Waals surface area contributed by atoms with E-state index in [0.717, 1.165) is 0 Å². The molecular formula is C17H26ClN5O4. The standard InChI is InChI=1S/C17H26ClN5O4/c1-3-11(8-15(25)27-4-2)22-14(24)9-21-16(26)10-5-6-12(18)13(7-10)23-17(19)20/h1,10-13H,4-9H2,2H3,(H,21,26)(H,22,24)(H4,19,20,23)/t10?,11-,12?,13?/m1/s1. The Kier molecular flexibility index (Phi) is 9.44. The summed E-state index contributed by atoms with van der Waals surface area (Å²) in [7, 11) is 0. The van der Waals surface area contributed by atoms with Crippen LogP contribution in [0.4, 0.5) is 0 Å². The van der Waals surface area contributed by atoms with Gasteiger partial charge in [-0.2, -0.15) is 0 Å². The summed E-state index contributed by atoms with van der Waals surface area (Å²) in [5.74, 6) is 0.595. The monoisotopic (exact) mass is 399 g/mol. The first-order valence-corrected chi connectivity index (χ1v) is 9.12. The summed E-state index contributed by atoms with van der Waals surface area (Å²) in [6, 6.07) is -1.14. The fraction of sp³-hybridized carbons (Fsp3) is 0.647. The number of alkyl halides is 1. The molecule has 4 atom stereocenters. The van der Waals surface area contributed by atoms with E-state index in [2.05, 4.69) is 21.5 Å². The van der Waals surface area contributed by atoms with Gasteiger partial charge in [0.2, 0.25) is 11.8 Å². The highest BCUT2D eigenvalue weighted by Gasteiger charge is 2.33. The van der Waals surface area contributed by atoms with Crippen molar-refractivity contribution in [3.8, 4) is 12.3 Å². The molecule has 0 aliphatic heterocycles. The quantitative estimate of drug-likeness (QED) is 0.138. The molecule has 0 aromatic heterocycles. The highest BCUT2D eigenvalue weighted by Crippen LogP contribution is 2.30. The van der Waals surface area contributed by atoms with Gasteiger partial charge < -0.3 is 26.8 Å². The first-order chi connectivity index (χ1) is 12.8. The summed E-state index contributed by atoms with van der Waals surface area (Å²) >= 11 is 6.19. The summed E-state index contributed by atoms with van der Waals surface area (Å²) in [6.07, 6.45) is 6.73. The largest absolute Gasteiger partial charge is 0.466 e. The van der Waals surface area contributed by atoms with Crippen molar-refractivity contribution in [1.29, 1.82) is 0 Å². The number of nitrogens with two attached hydrogens (primary N) is 2. The van der Waals surface area contributed by atoms with E-state index in [1.807, 2.05) is 0 Å². The van der Waals surface area contributed by atoms with Gasteiger partial charge in [-0.05, 0) is 26.2 Å². The maximum Gasteiger partial charge on any atom is 0.308 e. The molecule has 1 fully saturated rings. The van der Waals surface area contributed by atoms with E-state index in [1.165, 1.54) is 0 Å². The topological polar surface area (TPSA) is 149 Å². The van der Waals surface area contributed by atoms with Gasteiger partial charge in [0.1, 0.15) is 6.04 Å². The number of amides is 2.